The lowest BCUT2D eigenvalue weighted by atomic mass is 9.82. The molecule has 5 rings (SSSR count). The molecular formula is C28H32N2O5. The lowest BCUT2D eigenvalue weighted by molar-refractivity contribution is -0.138. The van der Waals surface area contributed by atoms with Gasteiger partial charge >= 0.3 is 12.1 Å². The van der Waals surface area contributed by atoms with Gasteiger partial charge in [0.15, 0.2) is 0 Å². The topological polar surface area (TPSA) is 105 Å². The number of benzene rings is 2. The van der Waals surface area contributed by atoms with Crippen molar-refractivity contribution in [2.24, 2.45) is 5.92 Å². The third-order valence-corrected chi connectivity index (χ3v) is 7.75. The second-order valence-electron chi connectivity index (χ2n) is 10.2. The smallest absolute Gasteiger partial charge is 0.407 e. The molecule has 2 aromatic rings. The van der Waals surface area contributed by atoms with E-state index in [9.17, 15) is 14.4 Å². The minimum absolute atomic E-state index is 0.00467. The number of rotatable bonds is 8. The fraction of sp³-hybridized carbons (Fsp3) is 0.464. The number of carbonyl (C=O) groups excluding carboxylic acids is 2. The fourth-order valence-corrected chi connectivity index (χ4v) is 5.80. The molecule has 0 radical (unpaired) electrons. The summed E-state index contributed by atoms with van der Waals surface area (Å²) >= 11 is 0. The maximum atomic E-state index is 12.8. The first-order valence-corrected chi connectivity index (χ1v) is 12.6. The first kappa shape index (κ1) is 23.4. The average molecular weight is 477 g/mol. The molecule has 0 aromatic heterocycles. The predicted molar refractivity (Wildman–Crippen MR) is 131 cm³/mol. The first-order chi connectivity index (χ1) is 16.9. The van der Waals surface area contributed by atoms with Crippen LogP contribution in [0.4, 0.5) is 4.79 Å². The van der Waals surface area contributed by atoms with Crippen molar-refractivity contribution in [2.45, 2.75) is 68.9 Å². The molecule has 2 saturated carbocycles. The zero-order chi connectivity index (χ0) is 24.4. The van der Waals surface area contributed by atoms with Crippen LogP contribution in [-0.2, 0) is 14.3 Å². The van der Waals surface area contributed by atoms with Crippen molar-refractivity contribution in [1.29, 1.82) is 0 Å². The van der Waals surface area contributed by atoms with E-state index < -0.39 is 17.6 Å². The summed E-state index contributed by atoms with van der Waals surface area (Å²) in [4.78, 5) is 36.5. The molecule has 0 unspecified atom stereocenters. The highest BCUT2D eigenvalue weighted by atomic mass is 16.5. The number of aliphatic carboxylic acids is 1. The Labute approximate surface area is 205 Å². The van der Waals surface area contributed by atoms with Crippen molar-refractivity contribution >= 4 is 18.0 Å². The summed E-state index contributed by atoms with van der Waals surface area (Å²) < 4.78 is 5.71. The number of alkyl carbamates (subject to hydrolysis) is 1. The zero-order valence-corrected chi connectivity index (χ0v) is 19.8. The van der Waals surface area contributed by atoms with Crippen molar-refractivity contribution in [2.75, 3.05) is 6.61 Å². The molecule has 2 atom stereocenters. The monoisotopic (exact) mass is 476 g/mol. The number of carboxylic acids is 1. The second-order valence-corrected chi connectivity index (χ2v) is 10.2. The van der Waals surface area contributed by atoms with Crippen LogP contribution >= 0.6 is 0 Å². The Morgan fingerprint density at radius 1 is 0.943 bits per heavy atom. The number of ether oxygens (including phenoxy) is 1. The number of carbonyl (C=O) groups is 3. The lowest BCUT2D eigenvalue weighted by Crippen LogP contribution is -2.46. The highest BCUT2D eigenvalue weighted by Crippen LogP contribution is 2.44. The van der Waals surface area contributed by atoms with Crippen molar-refractivity contribution in [1.82, 2.24) is 10.6 Å². The number of hydrogen-bond acceptors (Lipinski definition) is 4. The van der Waals surface area contributed by atoms with Crippen molar-refractivity contribution in [3.8, 4) is 11.1 Å². The van der Waals surface area contributed by atoms with Crippen molar-refractivity contribution in [3.05, 3.63) is 59.7 Å². The van der Waals surface area contributed by atoms with Crippen LogP contribution < -0.4 is 10.6 Å². The van der Waals surface area contributed by atoms with Crippen LogP contribution in [0.2, 0.25) is 0 Å². The van der Waals surface area contributed by atoms with Crippen LogP contribution in [0.3, 0.4) is 0 Å². The summed E-state index contributed by atoms with van der Waals surface area (Å²) in [7, 11) is 0. The van der Waals surface area contributed by atoms with Crippen LogP contribution in [0.15, 0.2) is 48.5 Å². The molecule has 0 spiro atoms. The Kier molecular flexibility index (Phi) is 6.50. The van der Waals surface area contributed by atoms with Gasteiger partial charge in [-0.15, -0.1) is 0 Å². The number of nitrogens with one attached hydrogen (secondary N) is 2. The quantitative estimate of drug-likeness (QED) is 0.517. The summed E-state index contributed by atoms with van der Waals surface area (Å²) in [5.41, 5.74) is 4.14. The van der Waals surface area contributed by atoms with Gasteiger partial charge in [0.05, 0.1) is 12.0 Å². The Hall–Kier alpha value is -3.35. The van der Waals surface area contributed by atoms with Gasteiger partial charge in [-0.05, 0) is 53.9 Å². The summed E-state index contributed by atoms with van der Waals surface area (Å²) in [6, 6.07) is 16.3. The molecule has 7 nitrogen and oxygen atoms in total. The van der Waals surface area contributed by atoms with E-state index in [0.717, 1.165) is 25.7 Å². The van der Waals surface area contributed by atoms with Gasteiger partial charge in [-0.2, -0.15) is 0 Å². The molecule has 2 amide bonds. The van der Waals surface area contributed by atoms with Gasteiger partial charge < -0.3 is 20.5 Å². The zero-order valence-electron chi connectivity index (χ0n) is 19.8. The number of amides is 2. The molecule has 2 fully saturated rings. The molecule has 0 heterocycles. The fourth-order valence-electron chi connectivity index (χ4n) is 5.80. The Morgan fingerprint density at radius 2 is 1.57 bits per heavy atom. The predicted octanol–water partition coefficient (Wildman–Crippen LogP) is 4.60. The normalized spacial score (nSPS) is 21.9. The Balaban J connectivity index is 1.17. The van der Waals surface area contributed by atoms with E-state index in [-0.39, 0.29) is 43.2 Å². The number of carboxylic acid groups (broad SMARTS) is 1. The molecule has 0 saturated heterocycles. The van der Waals surface area contributed by atoms with Crippen LogP contribution in [0.1, 0.15) is 68.4 Å². The van der Waals surface area contributed by atoms with Crippen LogP contribution in [-0.4, -0.2) is 41.3 Å². The van der Waals surface area contributed by atoms with E-state index in [4.69, 9.17) is 9.84 Å². The molecule has 3 N–H and O–H groups in total. The highest BCUT2D eigenvalue weighted by Gasteiger charge is 2.46. The molecule has 3 aliphatic carbocycles. The Bertz CT molecular complexity index is 1080. The van der Waals surface area contributed by atoms with Crippen LogP contribution in [0.25, 0.3) is 11.1 Å². The van der Waals surface area contributed by atoms with Gasteiger partial charge in [-0.1, -0.05) is 61.4 Å². The highest BCUT2D eigenvalue weighted by molar-refractivity contribution is 5.80. The van der Waals surface area contributed by atoms with Crippen molar-refractivity contribution < 1.29 is 24.2 Å². The van der Waals surface area contributed by atoms with Gasteiger partial charge in [0.25, 0.3) is 0 Å². The van der Waals surface area contributed by atoms with E-state index in [1.807, 2.05) is 24.3 Å². The average Bonchev–Trinajstić information content (AvgIpc) is 3.50. The summed E-state index contributed by atoms with van der Waals surface area (Å²) in [5, 5.41) is 15.0. The molecule has 2 aromatic carbocycles. The largest absolute Gasteiger partial charge is 0.481 e. The second kappa shape index (κ2) is 9.72. The summed E-state index contributed by atoms with van der Waals surface area (Å²) in [6.07, 6.45) is 4.88. The molecule has 0 bridgehead atoms. The molecule has 3 aliphatic rings. The minimum Gasteiger partial charge on any atom is -0.481 e. The maximum Gasteiger partial charge on any atom is 0.407 e. The van der Waals surface area contributed by atoms with E-state index in [2.05, 4.69) is 34.9 Å². The number of fused-ring (bicyclic) bond motifs is 3. The van der Waals surface area contributed by atoms with Crippen LogP contribution in [0.5, 0.6) is 0 Å². The van der Waals surface area contributed by atoms with Gasteiger partial charge in [0.2, 0.25) is 5.91 Å². The first-order valence-electron chi connectivity index (χ1n) is 12.6. The third kappa shape index (κ3) is 5.19. The van der Waals surface area contributed by atoms with Gasteiger partial charge in [-0.3, -0.25) is 9.59 Å². The number of hydrogen-bond donors (Lipinski definition) is 3. The van der Waals surface area contributed by atoms with E-state index >= 15 is 0 Å². The van der Waals surface area contributed by atoms with Gasteiger partial charge in [-0.25, -0.2) is 4.79 Å². The molecule has 0 aliphatic heterocycles. The van der Waals surface area contributed by atoms with E-state index in [1.165, 1.54) is 22.3 Å². The SMILES string of the molecule is O=C(O)CC1(NC(=O)C[C@@H]2CCCC[C@@H]2NC(=O)OCC2c3ccccc3-c3ccccc32)CC1. The lowest BCUT2D eigenvalue weighted by Gasteiger charge is -2.32. The summed E-state index contributed by atoms with van der Waals surface area (Å²) in [6.45, 7) is 0.259. The summed E-state index contributed by atoms with van der Waals surface area (Å²) in [5.74, 6) is -1.000. The van der Waals surface area contributed by atoms with Gasteiger partial charge in [0, 0.05) is 18.4 Å². The molecule has 7 heteroatoms. The maximum absolute atomic E-state index is 12.8. The van der Waals surface area contributed by atoms with E-state index in [0.29, 0.717) is 12.8 Å². The Morgan fingerprint density at radius 3 is 2.20 bits per heavy atom. The van der Waals surface area contributed by atoms with Crippen LogP contribution in [0, 0.1) is 5.92 Å². The van der Waals surface area contributed by atoms with E-state index in [1.54, 1.807) is 0 Å². The van der Waals surface area contributed by atoms with Gasteiger partial charge in [0.1, 0.15) is 6.61 Å². The van der Waals surface area contributed by atoms with Crippen molar-refractivity contribution in [3.63, 3.8) is 0 Å². The molecule has 35 heavy (non-hydrogen) atoms. The molecular weight excluding hydrogens is 444 g/mol. The standard InChI is InChI=1S/C28H32N2O5/c31-25(30-28(13-14-28)16-26(32)33)15-18-7-1-6-12-24(18)29-27(34)35-17-23-21-10-4-2-8-19(21)20-9-3-5-11-22(20)23/h2-5,8-11,18,23-24H,1,6-7,12-17H2,(H,29,34)(H,30,31)(H,32,33)/t18-,24-/m0/s1. The third-order valence-electron chi connectivity index (χ3n) is 7.75. The molecule has 184 valence electrons. The minimum atomic E-state index is -0.893.